The SMILES string of the molecule is C#CCNC(=O)COC(=O)c1ccc(Cl)c(S(=O)(=O)NC2CC2)c1. The number of benzene rings is 1. The Hall–Kier alpha value is -2.08. The summed E-state index contributed by atoms with van der Waals surface area (Å²) in [6, 6.07) is 3.63. The first kappa shape index (κ1) is 18.3. The van der Waals surface area contributed by atoms with Gasteiger partial charge in [-0.1, -0.05) is 17.5 Å². The molecule has 0 aliphatic heterocycles. The molecule has 1 aliphatic carbocycles. The quantitative estimate of drug-likeness (QED) is 0.543. The van der Waals surface area contributed by atoms with E-state index in [1.807, 2.05) is 0 Å². The number of nitrogens with one attached hydrogen (secondary N) is 2. The first-order chi connectivity index (χ1) is 11.3. The summed E-state index contributed by atoms with van der Waals surface area (Å²) in [6.07, 6.45) is 6.52. The van der Waals surface area contributed by atoms with Crippen molar-refractivity contribution in [1.82, 2.24) is 10.0 Å². The van der Waals surface area contributed by atoms with E-state index in [0.29, 0.717) is 0 Å². The molecule has 1 aromatic rings. The lowest BCUT2D eigenvalue weighted by Gasteiger charge is -2.10. The Labute approximate surface area is 144 Å². The molecular formula is C15H15ClN2O5S. The second kappa shape index (κ2) is 7.66. The van der Waals surface area contributed by atoms with Gasteiger partial charge in [-0.15, -0.1) is 6.42 Å². The van der Waals surface area contributed by atoms with Gasteiger partial charge in [-0.2, -0.15) is 0 Å². The number of terminal acetylenes is 1. The molecule has 128 valence electrons. The molecule has 0 bridgehead atoms. The van der Waals surface area contributed by atoms with E-state index in [1.54, 1.807) is 0 Å². The summed E-state index contributed by atoms with van der Waals surface area (Å²) in [5.74, 6) is 0.809. The number of ether oxygens (including phenoxy) is 1. The molecule has 0 spiro atoms. The average Bonchev–Trinajstić information content (AvgIpc) is 3.34. The Morgan fingerprint density at radius 3 is 2.71 bits per heavy atom. The lowest BCUT2D eigenvalue weighted by Crippen LogP contribution is -2.29. The third-order valence-corrected chi connectivity index (χ3v) is 5.08. The predicted molar refractivity (Wildman–Crippen MR) is 86.9 cm³/mol. The van der Waals surface area contributed by atoms with Crippen molar-refractivity contribution >= 4 is 33.5 Å². The monoisotopic (exact) mass is 370 g/mol. The third-order valence-electron chi connectivity index (χ3n) is 3.08. The van der Waals surface area contributed by atoms with Crippen LogP contribution < -0.4 is 10.0 Å². The zero-order valence-electron chi connectivity index (χ0n) is 12.5. The maximum atomic E-state index is 12.2. The molecule has 9 heteroatoms. The van der Waals surface area contributed by atoms with Gasteiger partial charge >= 0.3 is 5.97 Å². The van der Waals surface area contributed by atoms with Gasteiger partial charge in [-0.05, 0) is 31.0 Å². The molecule has 24 heavy (non-hydrogen) atoms. The molecule has 1 aromatic carbocycles. The Kier molecular flexibility index (Phi) is 5.83. The number of amides is 1. The van der Waals surface area contributed by atoms with Crippen LogP contribution in [0.3, 0.4) is 0 Å². The minimum Gasteiger partial charge on any atom is -0.452 e. The molecule has 0 atom stereocenters. The van der Waals surface area contributed by atoms with E-state index in [2.05, 4.69) is 16.0 Å². The fourth-order valence-corrected chi connectivity index (χ4v) is 3.57. The molecule has 1 saturated carbocycles. The van der Waals surface area contributed by atoms with Gasteiger partial charge in [0.2, 0.25) is 10.0 Å². The number of sulfonamides is 1. The van der Waals surface area contributed by atoms with Crippen molar-refractivity contribution in [2.45, 2.75) is 23.8 Å². The summed E-state index contributed by atoms with van der Waals surface area (Å²) in [6.45, 7) is -0.502. The van der Waals surface area contributed by atoms with E-state index in [9.17, 15) is 18.0 Å². The van der Waals surface area contributed by atoms with E-state index in [-0.39, 0.29) is 28.1 Å². The van der Waals surface area contributed by atoms with Crippen LogP contribution in [0.15, 0.2) is 23.1 Å². The summed E-state index contributed by atoms with van der Waals surface area (Å²) in [5.41, 5.74) is -0.0275. The van der Waals surface area contributed by atoms with Crippen LogP contribution in [0.25, 0.3) is 0 Å². The molecule has 2 N–H and O–H groups in total. The number of carbonyl (C=O) groups excluding carboxylic acids is 2. The summed E-state index contributed by atoms with van der Waals surface area (Å²) in [7, 11) is -3.82. The zero-order valence-corrected chi connectivity index (χ0v) is 14.1. The number of esters is 1. The molecule has 0 saturated heterocycles. The molecule has 0 unspecified atom stereocenters. The van der Waals surface area contributed by atoms with E-state index >= 15 is 0 Å². The van der Waals surface area contributed by atoms with Crippen molar-refractivity contribution in [1.29, 1.82) is 0 Å². The summed E-state index contributed by atoms with van der Waals surface area (Å²) in [5, 5.41) is 2.33. The molecule has 0 heterocycles. The van der Waals surface area contributed by atoms with Crippen molar-refractivity contribution in [3.05, 3.63) is 28.8 Å². The van der Waals surface area contributed by atoms with Crippen molar-refractivity contribution < 1.29 is 22.7 Å². The highest BCUT2D eigenvalue weighted by atomic mass is 35.5. The second-order valence-corrected chi connectivity index (χ2v) is 7.19. The van der Waals surface area contributed by atoms with Crippen molar-refractivity contribution in [3.8, 4) is 12.3 Å². The van der Waals surface area contributed by atoms with Crippen LogP contribution in [-0.2, 0) is 19.6 Å². The smallest absolute Gasteiger partial charge is 0.338 e. The largest absolute Gasteiger partial charge is 0.452 e. The summed E-state index contributed by atoms with van der Waals surface area (Å²) in [4.78, 5) is 23.1. The van der Waals surface area contributed by atoms with E-state index in [1.165, 1.54) is 12.1 Å². The topological polar surface area (TPSA) is 102 Å². The number of rotatable bonds is 7. The molecule has 0 radical (unpaired) electrons. The van der Waals surface area contributed by atoms with E-state index in [0.717, 1.165) is 18.9 Å². The Balaban J connectivity index is 2.08. The number of hydrogen-bond acceptors (Lipinski definition) is 5. The Morgan fingerprint density at radius 2 is 2.08 bits per heavy atom. The maximum Gasteiger partial charge on any atom is 0.338 e. The molecule has 1 amide bonds. The van der Waals surface area contributed by atoms with Gasteiger partial charge in [0.15, 0.2) is 6.61 Å². The van der Waals surface area contributed by atoms with Crippen LogP contribution in [0, 0.1) is 12.3 Å². The van der Waals surface area contributed by atoms with Crippen LogP contribution in [0.5, 0.6) is 0 Å². The first-order valence-corrected chi connectivity index (χ1v) is 8.89. The molecule has 0 aromatic heterocycles. The Morgan fingerprint density at radius 1 is 1.38 bits per heavy atom. The fourth-order valence-electron chi connectivity index (χ4n) is 1.74. The van der Waals surface area contributed by atoms with Gasteiger partial charge in [0.05, 0.1) is 17.1 Å². The summed E-state index contributed by atoms with van der Waals surface area (Å²) < 4.78 is 31.8. The number of hydrogen-bond donors (Lipinski definition) is 2. The highest BCUT2D eigenvalue weighted by Crippen LogP contribution is 2.27. The van der Waals surface area contributed by atoms with E-state index < -0.39 is 28.5 Å². The molecule has 7 nitrogen and oxygen atoms in total. The van der Waals surface area contributed by atoms with Gasteiger partial charge in [0, 0.05) is 6.04 Å². The Bertz CT molecular complexity index is 797. The third kappa shape index (κ3) is 4.96. The van der Waals surface area contributed by atoms with Crippen molar-refractivity contribution in [2.24, 2.45) is 0 Å². The highest BCUT2D eigenvalue weighted by molar-refractivity contribution is 7.89. The van der Waals surface area contributed by atoms with Gasteiger partial charge in [-0.3, -0.25) is 4.79 Å². The zero-order chi connectivity index (χ0) is 17.7. The van der Waals surface area contributed by atoms with Crippen LogP contribution in [-0.4, -0.2) is 39.5 Å². The van der Waals surface area contributed by atoms with Crippen LogP contribution in [0.2, 0.25) is 5.02 Å². The van der Waals surface area contributed by atoms with Gasteiger partial charge < -0.3 is 10.1 Å². The minimum absolute atomic E-state index is 0.00790. The molecule has 2 rings (SSSR count). The number of carbonyl (C=O) groups is 2. The standard InChI is InChI=1S/C15H15ClN2O5S/c1-2-7-17-14(19)9-23-15(20)10-3-6-12(16)13(8-10)24(21,22)18-11-4-5-11/h1,3,6,8,11,18H,4-5,7,9H2,(H,17,19). The normalized spacial score (nSPS) is 13.8. The lowest BCUT2D eigenvalue weighted by atomic mass is 10.2. The van der Waals surface area contributed by atoms with Crippen molar-refractivity contribution in [2.75, 3.05) is 13.2 Å². The van der Waals surface area contributed by atoms with Gasteiger partial charge in [0.1, 0.15) is 4.90 Å². The summed E-state index contributed by atoms with van der Waals surface area (Å²) >= 11 is 5.92. The van der Waals surface area contributed by atoms with Crippen LogP contribution >= 0.6 is 11.6 Å². The average molecular weight is 371 g/mol. The number of halogens is 1. The van der Waals surface area contributed by atoms with Crippen LogP contribution in [0.1, 0.15) is 23.2 Å². The predicted octanol–water partition coefficient (Wildman–Crippen LogP) is 0.687. The first-order valence-electron chi connectivity index (χ1n) is 7.02. The molecule has 1 aliphatic rings. The van der Waals surface area contributed by atoms with E-state index in [4.69, 9.17) is 22.8 Å². The molecular weight excluding hydrogens is 356 g/mol. The van der Waals surface area contributed by atoms with Gasteiger partial charge in [0.25, 0.3) is 5.91 Å². The molecule has 1 fully saturated rings. The van der Waals surface area contributed by atoms with Crippen molar-refractivity contribution in [3.63, 3.8) is 0 Å². The van der Waals surface area contributed by atoms with Gasteiger partial charge in [-0.25, -0.2) is 17.9 Å². The fraction of sp³-hybridized carbons (Fsp3) is 0.333. The van der Waals surface area contributed by atoms with Crippen LogP contribution in [0.4, 0.5) is 0 Å². The lowest BCUT2D eigenvalue weighted by molar-refractivity contribution is -0.123. The highest BCUT2D eigenvalue weighted by Gasteiger charge is 2.29. The minimum atomic E-state index is -3.82. The maximum absolute atomic E-state index is 12.2. The second-order valence-electron chi connectivity index (χ2n) is 5.10.